The van der Waals surface area contributed by atoms with Gasteiger partial charge in [-0.3, -0.25) is 9.69 Å². The Bertz CT molecular complexity index is 1530. The molecule has 0 saturated heterocycles. The van der Waals surface area contributed by atoms with Gasteiger partial charge in [-0.25, -0.2) is 4.79 Å². The van der Waals surface area contributed by atoms with Crippen molar-refractivity contribution in [2.24, 2.45) is 0 Å². The monoisotopic (exact) mass is 573 g/mol. The van der Waals surface area contributed by atoms with Gasteiger partial charge in [-0.1, -0.05) is 84.3 Å². The Morgan fingerprint density at radius 3 is 2.26 bits per heavy atom. The summed E-state index contributed by atoms with van der Waals surface area (Å²) in [4.78, 5) is 30.7. The van der Waals surface area contributed by atoms with E-state index in [9.17, 15) is 9.59 Å². The molecule has 198 valence electrons. The molecule has 0 bridgehead atoms. The molecule has 8 heteroatoms. The second kappa shape index (κ2) is 11.0. The van der Waals surface area contributed by atoms with E-state index in [0.717, 1.165) is 25.8 Å². The first kappa shape index (κ1) is 27.2. The van der Waals surface area contributed by atoms with Gasteiger partial charge in [0.1, 0.15) is 10.7 Å². The summed E-state index contributed by atoms with van der Waals surface area (Å²) in [5.41, 5.74) is 3.02. The van der Waals surface area contributed by atoms with Crippen LogP contribution in [0.15, 0.2) is 88.0 Å². The average molecular weight is 574 g/mol. The van der Waals surface area contributed by atoms with Gasteiger partial charge in [0.15, 0.2) is 0 Å². The van der Waals surface area contributed by atoms with Crippen LogP contribution < -0.4 is 9.64 Å². The Kier molecular flexibility index (Phi) is 7.71. The number of thiocarbonyl (C=S) groups is 1. The second-order valence-electron chi connectivity index (χ2n) is 9.39. The number of nitrogens with zero attached hydrogens (tertiary/aromatic N) is 1. The van der Waals surface area contributed by atoms with Crippen molar-refractivity contribution in [1.29, 1.82) is 0 Å². The molecule has 0 N–H and O–H groups in total. The molecule has 2 aliphatic rings. The van der Waals surface area contributed by atoms with Gasteiger partial charge in [-0.15, -0.1) is 0 Å². The van der Waals surface area contributed by atoms with Crippen LogP contribution in [-0.4, -0.2) is 36.0 Å². The molecule has 3 aromatic carbocycles. The third-order valence-electron chi connectivity index (χ3n) is 6.58. The van der Waals surface area contributed by atoms with Crippen LogP contribution in [0.3, 0.4) is 0 Å². The minimum absolute atomic E-state index is 0.149. The van der Waals surface area contributed by atoms with Gasteiger partial charge in [-0.05, 0) is 50.6 Å². The number of fused-ring (bicyclic) bond motifs is 1. The fraction of sp³-hybridized carbons (Fsp3) is 0.194. The molecule has 39 heavy (non-hydrogen) atoms. The number of hydrogen-bond acceptors (Lipinski definition) is 7. The molecule has 0 atom stereocenters. The summed E-state index contributed by atoms with van der Waals surface area (Å²) in [6, 6.07) is 24.7. The molecule has 5 nitrogen and oxygen atoms in total. The Morgan fingerprint density at radius 1 is 0.949 bits per heavy atom. The summed E-state index contributed by atoms with van der Waals surface area (Å²) in [6.07, 6.45) is 0. The Balaban J connectivity index is 1.69. The molecular formula is C31H27NO4S3. The lowest BCUT2D eigenvalue weighted by Crippen LogP contribution is -2.56. The van der Waals surface area contributed by atoms with E-state index in [0.29, 0.717) is 26.8 Å². The molecule has 0 aliphatic carbocycles. The fourth-order valence-corrected chi connectivity index (χ4v) is 7.78. The number of carbonyl (C=O) groups is 2. The first-order valence-corrected chi connectivity index (χ1v) is 14.5. The van der Waals surface area contributed by atoms with Crippen LogP contribution in [0.25, 0.3) is 10.5 Å². The zero-order chi connectivity index (χ0) is 27.7. The summed E-state index contributed by atoms with van der Waals surface area (Å²) in [6.45, 7) is 6.00. The summed E-state index contributed by atoms with van der Waals surface area (Å²) in [5.74, 6) is 0.124. The predicted molar refractivity (Wildman–Crippen MR) is 165 cm³/mol. The van der Waals surface area contributed by atoms with Gasteiger partial charge >= 0.3 is 5.97 Å². The molecule has 2 aliphatic heterocycles. The van der Waals surface area contributed by atoms with Crippen molar-refractivity contribution in [2.75, 3.05) is 18.6 Å². The lowest BCUT2D eigenvalue weighted by molar-refractivity contribution is -0.137. The van der Waals surface area contributed by atoms with Gasteiger partial charge in [0.2, 0.25) is 0 Å². The Hall–Kier alpha value is -3.33. The van der Waals surface area contributed by atoms with Gasteiger partial charge in [0.25, 0.3) is 5.91 Å². The summed E-state index contributed by atoms with van der Waals surface area (Å²) >= 11 is 9.04. The normalized spacial score (nSPS) is 18.2. The van der Waals surface area contributed by atoms with E-state index < -0.39 is 5.54 Å². The highest BCUT2D eigenvalue weighted by Gasteiger charge is 2.46. The van der Waals surface area contributed by atoms with E-state index in [4.69, 9.17) is 21.7 Å². The smallest absolute Gasteiger partial charge is 0.346 e. The third-order valence-corrected chi connectivity index (χ3v) is 9.91. The Morgan fingerprint density at radius 2 is 1.62 bits per heavy atom. The van der Waals surface area contributed by atoms with Gasteiger partial charge < -0.3 is 9.47 Å². The van der Waals surface area contributed by atoms with Crippen molar-refractivity contribution >= 4 is 68.6 Å². The summed E-state index contributed by atoms with van der Waals surface area (Å²) < 4.78 is 11.9. The Labute approximate surface area is 242 Å². The third kappa shape index (κ3) is 4.93. The van der Waals surface area contributed by atoms with Crippen LogP contribution in [0.5, 0.6) is 5.75 Å². The van der Waals surface area contributed by atoms with Crippen LogP contribution in [0.4, 0.5) is 5.69 Å². The molecule has 0 unspecified atom stereocenters. The first-order valence-electron chi connectivity index (χ1n) is 12.5. The van der Waals surface area contributed by atoms with Crippen molar-refractivity contribution in [3.05, 3.63) is 105 Å². The topological polar surface area (TPSA) is 55.8 Å². The molecule has 0 spiro atoms. The van der Waals surface area contributed by atoms with Crippen LogP contribution >= 0.6 is 35.7 Å². The average Bonchev–Trinajstić information content (AvgIpc) is 3.39. The van der Waals surface area contributed by atoms with E-state index in [1.165, 1.54) is 23.5 Å². The molecular weight excluding hydrogens is 547 g/mol. The molecule has 0 aromatic heterocycles. The first-order chi connectivity index (χ1) is 18.8. The maximum absolute atomic E-state index is 13.9. The largest absolute Gasteiger partial charge is 0.497 e. The van der Waals surface area contributed by atoms with Gasteiger partial charge in [0, 0.05) is 27.7 Å². The number of ether oxygens (including phenoxy) is 2. The number of carbonyl (C=O) groups excluding carboxylic acids is 2. The zero-order valence-electron chi connectivity index (χ0n) is 22.0. The molecule has 5 rings (SSSR count). The lowest BCUT2D eigenvalue weighted by atomic mass is 9.82. The second-order valence-corrected chi connectivity index (χ2v) is 12.1. The van der Waals surface area contributed by atoms with E-state index >= 15 is 0 Å². The lowest BCUT2D eigenvalue weighted by Gasteiger charge is -2.45. The molecule has 1 amide bonds. The summed E-state index contributed by atoms with van der Waals surface area (Å²) in [5, 5.41) is 0. The molecule has 0 fully saturated rings. The molecule has 0 radical (unpaired) electrons. The van der Waals surface area contributed by atoms with E-state index in [1.54, 1.807) is 31.1 Å². The SMILES string of the molecule is CCOC(=O)C1=C(c2ccccc2)S/C(=C2/C(=S)C(C)(C)N(C(=O)c3ccccc3)c3cc(OC)ccc32)S1. The maximum atomic E-state index is 13.9. The quantitative estimate of drug-likeness (QED) is 0.177. The number of hydrogen-bond donors (Lipinski definition) is 0. The predicted octanol–water partition coefficient (Wildman–Crippen LogP) is 7.58. The van der Waals surface area contributed by atoms with Crippen LogP contribution in [-0.2, 0) is 9.53 Å². The highest BCUT2D eigenvalue weighted by Crippen LogP contribution is 2.58. The van der Waals surface area contributed by atoms with Crippen LogP contribution in [0.2, 0.25) is 0 Å². The number of amides is 1. The van der Waals surface area contributed by atoms with E-state index in [1.807, 2.05) is 80.6 Å². The minimum atomic E-state index is -0.843. The number of rotatable bonds is 5. The number of anilines is 1. The van der Waals surface area contributed by atoms with Crippen LogP contribution in [0, 0.1) is 0 Å². The maximum Gasteiger partial charge on any atom is 0.346 e. The minimum Gasteiger partial charge on any atom is -0.497 e. The summed E-state index contributed by atoms with van der Waals surface area (Å²) in [7, 11) is 1.60. The fourth-order valence-electron chi connectivity index (χ4n) is 4.65. The van der Waals surface area contributed by atoms with Gasteiger partial charge in [-0.2, -0.15) is 0 Å². The van der Waals surface area contributed by atoms with E-state index in [2.05, 4.69) is 0 Å². The number of esters is 1. The number of methoxy groups -OCH3 is 1. The van der Waals surface area contributed by atoms with Gasteiger partial charge in [0.05, 0.1) is 34.0 Å². The standard InChI is InChI=1S/C31H27NO4S3/c1-5-36-29(34)26-25(19-12-8-6-9-13-19)38-30(39-26)24-22-17-16-21(35-4)18-23(22)32(31(2,3)27(24)37)28(33)20-14-10-7-11-15-20/h6-18H,5H2,1-4H3/b30-24-. The number of benzene rings is 3. The van der Waals surface area contributed by atoms with Crippen LogP contribution in [0.1, 0.15) is 42.3 Å². The van der Waals surface area contributed by atoms with Crippen molar-refractivity contribution in [2.45, 2.75) is 26.3 Å². The highest BCUT2D eigenvalue weighted by atomic mass is 32.2. The zero-order valence-corrected chi connectivity index (χ0v) is 24.5. The van der Waals surface area contributed by atoms with Crippen molar-refractivity contribution in [3.8, 4) is 5.75 Å². The van der Waals surface area contributed by atoms with Crippen molar-refractivity contribution < 1.29 is 19.1 Å². The highest BCUT2D eigenvalue weighted by molar-refractivity contribution is 8.32. The number of thioether (sulfide) groups is 2. The molecule has 3 aromatic rings. The molecule has 0 saturated carbocycles. The van der Waals surface area contributed by atoms with Crippen molar-refractivity contribution in [1.82, 2.24) is 0 Å². The van der Waals surface area contributed by atoms with Crippen molar-refractivity contribution in [3.63, 3.8) is 0 Å². The van der Waals surface area contributed by atoms with E-state index in [-0.39, 0.29) is 18.5 Å². The molecule has 2 heterocycles.